The van der Waals surface area contributed by atoms with Crippen LogP contribution in [0, 0.1) is 0 Å². The molecule has 5 heteroatoms. The number of nitrogens with zero attached hydrogens (tertiary/aromatic N) is 1. The molecule has 1 aromatic rings. The number of hydrogen-bond acceptors (Lipinski definition) is 5. The number of rotatable bonds is 8. The van der Waals surface area contributed by atoms with Gasteiger partial charge in [-0.25, -0.2) is 4.79 Å². The van der Waals surface area contributed by atoms with Crippen molar-refractivity contribution in [2.75, 3.05) is 40.5 Å². The van der Waals surface area contributed by atoms with Crippen LogP contribution in [0.4, 0.5) is 0 Å². The third-order valence-corrected chi connectivity index (χ3v) is 4.13. The first-order valence-corrected chi connectivity index (χ1v) is 8.52. The SMILES string of the molecule is COc1ccc(C=CC(=O)OCCCN2CCCCC2)cc1OC. The molecule has 5 nitrogen and oxygen atoms in total. The molecule has 0 bridgehead atoms. The van der Waals surface area contributed by atoms with Gasteiger partial charge in [0, 0.05) is 12.6 Å². The van der Waals surface area contributed by atoms with Crippen molar-refractivity contribution in [1.82, 2.24) is 4.90 Å². The van der Waals surface area contributed by atoms with E-state index in [-0.39, 0.29) is 5.97 Å². The molecule has 132 valence electrons. The van der Waals surface area contributed by atoms with Crippen LogP contribution in [0.15, 0.2) is 24.3 Å². The Morgan fingerprint density at radius 1 is 1.12 bits per heavy atom. The summed E-state index contributed by atoms with van der Waals surface area (Å²) in [5.41, 5.74) is 0.859. The van der Waals surface area contributed by atoms with Crippen molar-refractivity contribution >= 4 is 12.0 Å². The molecule has 1 aliphatic heterocycles. The molecule has 1 saturated heterocycles. The Balaban J connectivity index is 1.72. The van der Waals surface area contributed by atoms with Gasteiger partial charge in [0.15, 0.2) is 11.5 Å². The lowest BCUT2D eigenvalue weighted by Gasteiger charge is -2.26. The van der Waals surface area contributed by atoms with Gasteiger partial charge >= 0.3 is 5.97 Å². The standard InChI is InChI=1S/C19H27NO4/c1-22-17-9-7-16(15-18(17)23-2)8-10-19(21)24-14-6-13-20-11-4-3-5-12-20/h7-10,15H,3-6,11-14H2,1-2H3. The Kier molecular flexibility index (Phi) is 7.62. The number of likely N-dealkylation sites (tertiary alicyclic amines) is 1. The third-order valence-electron chi connectivity index (χ3n) is 4.13. The molecule has 0 N–H and O–H groups in total. The summed E-state index contributed by atoms with van der Waals surface area (Å²) in [4.78, 5) is 14.2. The monoisotopic (exact) mass is 333 g/mol. The fourth-order valence-electron chi connectivity index (χ4n) is 2.81. The van der Waals surface area contributed by atoms with Gasteiger partial charge in [-0.05, 0) is 56.1 Å². The third kappa shape index (κ3) is 5.89. The predicted octanol–water partition coefficient (Wildman–Crippen LogP) is 3.14. The van der Waals surface area contributed by atoms with Crippen LogP contribution in [0.1, 0.15) is 31.2 Å². The number of carbonyl (C=O) groups excluding carboxylic acids is 1. The Hall–Kier alpha value is -2.01. The molecular weight excluding hydrogens is 306 g/mol. The second-order valence-electron chi connectivity index (χ2n) is 5.87. The van der Waals surface area contributed by atoms with E-state index in [4.69, 9.17) is 14.2 Å². The van der Waals surface area contributed by atoms with E-state index in [1.165, 1.54) is 38.4 Å². The Bertz CT molecular complexity index is 550. The second-order valence-corrected chi connectivity index (χ2v) is 5.87. The van der Waals surface area contributed by atoms with Gasteiger partial charge < -0.3 is 19.1 Å². The molecule has 1 aromatic carbocycles. The summed E-state index contributed by atoms with van der Waals surface area (Å²) in [5.74, 6) is 0.980. The summed E-state index contributed by atoms with van der Waals surface area (Å²) < 4.78 is 15.7. The normalized spacial score (nSPS) is 15.4. The van der Waals surface area contributed by atoms with Gasteiger partial charge in [-0.15, -0.1) is 0 Å². The van der Waals surface area contributed by atoms with E-state index in [0.717, 1.165) is 18.5 Å². The van der Waals surface area contributed by atoms with Crippen LogP contribution in [0.5, 0.6) is 11.5 Å². The molecular formula is C19H27NO4. The molecule has 0 spiro atoms. The van der Waals surface area contributed by atoms with Crippen molar-refractivity contribution in [2.45, 2.75) is 25.7 Å². The van der Waals surface area contributed by atoms with Gasteiger partial charge in [-0.1, -0.05) is 12.5 Å². The Labute approximate surface area is 144 Å². The zero-order valence-corrected chi connectivity index (χ0v) is 14.6. The average molecular weight is 333 g/mol. The largest absolute Gasteiger partial charge is 0.493 e. The summed E-state index contributed by atoms with van der Waals surface area (Å²) in [6.07, 6.45) is 7.96. The number of esters is 1. The molecule has 0 amide bonds. The molecule has 0 radical (unpaired) electrons. The van der Waals surface area contributed by atoms with Crippen LogP contribution in [-0.4, -0.2) is 51.3 Å². The molecule has 0 atom stereocenters. The van der Waals surface area contributed by atoms with E-state index in [1.807, 2.05) is 18.2 Å². The maximum Gasteiger partial charge on any atom is 0.330 e. The highest BCUT2D eigenvalue weighted by Crippen LogP contribution is 2.27. The minimum absolute atomic E-state index is 0.316. The topological polar surface area (TPSA) is 48.0 Å². The smallest absolute Gasteiger partial charge is 0.330 e. The molecule has 0 unspecified atom stereocenters. The first-order chi connectivity index (χ1) is 11.7. The highest BCUT2D eigenvalue weighted by molar-refractivity contribution is 5.87. The van der Waals surface area contributed by atoms with Gasteiger partial charge in [0.1, 0.15) is 0 Å². The van der Waals surface area contributed by atoms with Crippen molar-refractivity contribution in [3.63, 3.8) is 0 Å². The Morgan fingerprint density at radius 2 is 1.88 bits per heavy atom. The summed E-state index contributed by atoms with van der Waals surface area (Å²) >= 11 is 0. The molecule has 1 fully saturated rings. The van der Waals surface area contributed by atoms with Crippen LogP contribution >= 0.6 is 0 Å². The number of piperidine rings is 1. The van der Waals surface area contributed by atoms with Crippen molar-refractivity contribution in [1.29, 1.82) is 0 Å². The number of hydrogen-bond donors (Lipinski definition) is 0. The van der Waals surface area contributed by atoms with Crippen LogP contribution in [-0.2, 0) is 9.53 Å². The molecule has 0 aliphatic carbocycles. The average Bonchev–Trinajstić information content (AvgIpc) is 2.64. The van der Waals surface area contributed by atoms with E-state index in [0.29, 0.717) is 18.1 Å². The van der Waals surface area contributed by atoms with Crippen molar-refractivity contribution in [2.24, 2.45) is 0 Å². The minimum Gasteiger partial charge on any atom is -0.493 e. The predicted molar refractivity (Wildman–Crippen MR) is 94.4 cm³/mol. The highest BCUT2D eigenvalue weighted by Gasteiger charge is 2.09. The number of methoxy groups -OCH3 is 2. The van der Waals surface area contributed by atoms with Gasteiger partial charge in [0.25, 0.3) is 0 Å². The first kappa shape index (κ1) is 18.3. The maximum absolute atomic E-state index is 11.8. The fourth-order valence-corrected chi connectivity index (χ4v) is 2.81. The summed E-state index contributed by atoms with van der Waals surface area (Å²) in [7, 11) is 3.18. The lowest BCUT2D eigenvalue weighted by atomic mass is 10.1. The maximum atomic E-state index is 11.8. The summed E-state index contributed by atoms with van der Waals surface area (Å²) in [6.45, 7) is 3.82. The molecule has 24 heavy (non-hydrogen) atoms. The summed E-state index contributed by atoms with van der Waals surface area (Å²) in [6, 6.07) is 5.49. The van der Waals surface area contributed by atoms with Gasteiger partial charge in [0.05, 0.1) is 20.8 Å². The van der Waals surface area contributed by atoms with E-state index in [1.54, 1.807) is 20.3 Å². The van der Waals surface area contributed by atoms with Crippen molar-refractivity contribution in [3.8, 4) is 11.5 Å². The zero-order valence-electron chi connectivity index (χ0n) is 14.6. The first-order valence-electron chi connectivity index (χ1n) is 8.52. The van der Waals surface area contributed by atoms with Crippen molar-refractivity contribution in [3.05, 3.63) is 29.8 Å². The number of carbonyl (C=O) groups is 1. The molecule has 1 aliphatic rings. The number of benzene rings is 1. The van der Waals surface area contributed by atoms with E-state index < -0.39 is 0 Å². The lowest BCUT2D eigenvalue weighted by Crippen LogP contribution is -2.31. The zero-order chi connectivity index (χ0) is 17.2. The number of ether oxygens (including phenoxy) is 3. The van der Waals surface area contributed by atoms with Gasteiger partial charge in [-0.2, -0.15) is 0 Å². The van der Waals surface area contributed by atoms with Crippen LogP contribution in [0.3, 0.4) is 0 Å². The molecule has 1 heterocycles. The van der Waals surface area contributed by atoms with E-state index >= 15 is 0 Å². The van der Waals surface area contributed by atoms with Crippen molar-refractivity contribution < 1.29 is 19.0 Å². The minimum atomic E-state index is -0.316. The van der Waals surface area contributed by atoms with Gasteiger partial charge in [0.2, 0.25) is 0 Å². The Morgan fingerprint density at radius 3 is 2.58 bits per heavy atom. The summed E-state index contributed by atoms with van der Waals surface area (Å²) in [5, 5.41) is 0. The lowest BCUT2D eigenvalue weighted by molar-refractivity contribution is -0.137. The van der Waals surface area contributed by atoms with Crippen LogP contribution in [0.2, 0.25) is 0 Å². The van der Waals surface area contributed by atoms with Gasteiger partial charge in [-0.3, -0.25) is 0 Å². The van der Waals surface area contributed by atoms with Crippen LogP contribution < -0.4 is 9.47 Å². The highest BCUT2D eigenvalue weighted by atomic mass is 16.5. The molecule has 0 saturated carbocycles. The van der Waals surface area contributed by atoms with E-state index in [2.05, 4.69) is 4.90 Å². The quantitative estimate of drug-likeness (QED) is 0.415. The molecule has 0 aromatic heterocycles. The second kappa shape index (κ2) is 9.98. The molecule has 2 rings (SSSR count). The van der Waals surface area contributed by atoms with Crippen LogP contribution in [0.25, 0.3) is 6.08 Å². The fraction of sp³-hybridized carbons (Fsp3) is 0.526. The van der Waals surface area contributed by atoms with E-state index in [9.17, 15) is 4.79 Å².